The summed E-state index contributed by atoms with van der Waals surface area (Å²) in [7, 11) is 0. The van der Waals surface area contributed by atoms with Gasteiger partial charge in [-0.25, -0.2) is 0 Å². The van der Waals surface area contributed by atoms with Crippen molar-refractivity contribution in [1.82, 2.24) is 4.90 Å². The highest BCUT2D eigenvalue weighted by atomic mass is 16.5. The predicted octanol–water partition coefficient (Wildman–Crippen LogP) is 0.945. The minimum absolute atomic E-state index is 0.0227. The van der Waals surface area contributed by atoms with Crippen LogP contribution in [0.3, 0.4) is 0 Å². The second kappa shape index (κ2) is 3.70. The average molecular weight is 225 g/mol. The van der Waals surface area contributed by atoms with Gasteiger partial charge in [-0.3, -0.25) is 9.69 Å². The predicted molar refractivity (Wildman–Crippen MR) is 58.1 cm³/mol. The van der Waals surface area contributed by atoms with Crippen molar-refractivity contribution in [2.75, 3.05) is 19.8 Å². The van der Waals surface area contributed by atoms with Crippen LogP contribution < -0.4 is 0 Å². The summed E-state index contributed by atoms with van der Waals surface area (Å²) in [5, 5.41) is 0. The maximum atomic E-state index is 12.2. The van der Waals surface area contributed by atoms with Gasteiger partial charge in [0.2, 0.25) is 0 Å². The lowest BCUT2D eigenvalue weighted by molar-refractivity contribution is -0.155. The SMILES string of the molecule is CCOC(=O)C12CCCN1C1CCOC1C2. The lowest BCUT2D eigenvalue weighted by atomic mass is 9.93. The van der Waals surface area contributed by atoms with Crippen LogP contribution in [0.25, 0.3) is 0 Å². The van der Waals surface area contributed by atoms with E-state index < -0.39 is 0 Å². The van der Waals surface area contributed by atoms with Crippen LogP contribution in [-0.4, -0.2) is 48.3 Å². The second-order valence-corrected chi connectivity index (χ2v) is 5.02. The number of esters is 1. The summed E-state index contributed by atoms with van der Waals surface area (Å²) in [5.41, 5.74) is -0.342. The van der Waals surface area contributed by atoms with Crippen molar-refractivity contribution in [2.45, 2.75) is 50.3 Å². The van der Waals surface area contributed by atoms with E-state index in [-0.39, 0.29) is 17.6 Å². The molecule has 4 heteroatoms. The molecule has 0 aromatic rings. The van der Waals surface area contributed by atoms with Crippen molar-refractivity contribution in [3.8, 4) is 0 Å². The molecule has 0 saturated carbocycles. The number of nitrogens with zero attached hydrogens (tertiary/aromatic N) is 1. The summed E-state index contributed by atoms with van der Waals surface area (Å²) in [5.74, 6) is -0.0227. The average Bonchev–Trinajstić information content (AvgIpc) is 2.87. The Morgan fingerprint density at radius 3 is 3.31 bits per heavy atom. The van der Waals surface area contributed by atoms with Gasteiger partial charge < -0.3 is 9.47 Å². The molecule has 0 radical (unpaired) electrons. The van der Waals surface area contributed by atoms with Crippen LogP contribution in [0.5, 0.6) is 0 Å². The summed E-state index contributed by atoms with van der Waals surface area (Å²) in [6.45, 7) is 4.23. The highest BCUT2D eigenvalue weighted by Gasteiger charge is 2.60. The summed E-state index contributed by atoms with van der Waals surface area (Å²) in [6.07, 6.45) is 4.25. The van der Waals surface area contributed by atoms with Crippen molar-refractivity contribution in [2.24, 2.45) is 0 Å². The van der Waals surface area contributed by atoms with Crippen LogP contribution in [0.2, 0.25) is 0 Å². The summed E-state index contributed by atoms with van der Waals surface area (Å²) >= 11 is 0. The van der Waals surface area contributed by atoms with Gasteiger partial charge in [0.15, 0.2) is 0 Å². The van der Waals surface area contributed by atoms with Gasteiger partial charge in [-0.1, -0.05) is 0 Å². The third-order valence-corrected chi connectivity index (χ3v) is 4.31. The van der Waals surface area contributed by atoms with E-state index in [9.17, 15) is 4.79 Å². The molecule has 4 nitrogen and oxygen atoms in total. The Morgan fingerprint density at radius 2 is 2.50 bits per heavy atom. The minimum Gasteiger partial charge on any atom is -0.465 e. The number of fused-ring (bicyclic) bond motifs is 3. The highest BCUT2D eigenvalue weighted by molar-refractivity contribution is 5.82. The van der Waals surface area contributed by atoms with E-state index in [2.05, 4.69) is 4.90 Å². The summed E-state index contributed by atoms with van der Waals surface area (Å²) < 4.78 is 11.0. The second-order valence-electron chi connectivity index (χ2n) is 5.02. The molecule has 3 heterocycles. The molecular weight excluding hydrogens is 206 g/mol. The summed E-state index contributed by atoms with van der Waals surface area (Å²) in [4.78, 5) is 14.5. The Morgan fingerprint density at radius 1 is 1.62 bits per heavy atom. The zero-order valence-electron chi connectivity index (χ0n) is 9.78. The molecule has 3 aliphatic rings. The molecule has 3 atom stereocenters. The van der Waals surface area contributed by atoms with Crippen LogP contribution in [0.15, 0.2) is 0 Å². The third-order valence-electron chi connectivity index (χ3n) is 4.31. The van der Waals surface area contributed by atoms with E-state index in [4.69, 9.17) is 9.47 Å². The first-order valence-electron chi connectivity index (χ1n) is 6.33. The number of hydrogen-bond donors (Lipinski definition) is 0. The topological polar surface area (TPSA) is 38.8 Å². The van der Waals surface area contributed by atoms with Crippen molar-refractivity contribution in [1.29, 1.82) is 0 Å². The number of carbonyl (C=O) groups excluding carboxylic acids is 1. The van der Waals surface area contributed by atoms with Gasteiger partial charge in [0.25, 0.3) is 0 Å². The molecule has 0 aromatic heterocycles. The van der Waals surface area contributed by atoms with E-state index >= 15 is 0 Å². The lowest BCUT2D eigenvalue weighted by Crippen LogP contribution is -2.49. The fourth-order valence-corrected chi connectivity index (χ4v) is 3.69. The third kappa shape index (κ3) is 1.26. The molecular formula is C12H19NO3. The Labute approximate surface area is 95.9 Å². The van der Waals surface area contributed by atoms with Gasteiger partial charge in [0.05, 0.1) is 12.7 Å². The largest absolute Gasteiger partial charge is 0.465 e. The maximum absolute atomic E-state index is 12.2. The maximum Gasteiger partial charge on any atom is 0.326 e. The van der Waals surface area contributed by atoms with Crippen molar-refractivity contribution in [3.05, 3.63) is 0 Å². The number of rotatable bonds is 2. The standard InChI is InChI=1S/C12H19NO3/c1-2-15-11(14)12-5-3-6-13(12)9-4-7-16-10(9)8-12/h9-10H,2-8H2,1H3. The Kier molecular flexibility index (Phi) is 2.44. The van der Waals surface area contributed by atoms with E-state index in [0.717, 1.165) is 38.8 Å². The molecule has 0 aliphatic carbocycles. The van der Waals surface area contributed by atoms with E-state index in [0.29, 0.717) is 12.6 Å². The van der Waals surface area contributed by atoms with Gasteiger partial charge in [-0.15, -0.1) is 0 Å². The molecule has 3 aliphatic heterocycles. The van der Waals surface area contributed by atoms with E-state index in [1.807, 2.05) is 6.92 Å². The van der Waals surface area contributed by atoms with Crippen LogP contribution in [-0.2, 0) is 14.3 Å². The molecule has 3 saturated heterocycles. The molecule has 16 heavy (non-hydrogen) atoms. The molecule has 3 fully saturated rings. The quantitative estimate of drug-likeness (QED) is 0.656. The molecule has 3 unspecified atom stereocenters. The molecule has 90 valence electrons. The first-order chi connectivity index (χ1) is 7.78. The van der Waals surface area contributed by atoms with E-state index in [1.54, 1.807) is 0 Å². The van der Waals surface area contributed by atoms with E-state index in [1.165, 1.54) is 0 Å². The Balaban J connectivity index is 1.86. The fourth-order valence-electron chi connectivity index (χ4n) is 3.69. The van der Waals surface area contributed by atoms with Crippen LogP contribution in [0.4, 0.5) is 0 Å². The van der Waals surface area contributed by atoms with Gasteiger partial charge in [-0.05, 0) is 32.7 Å². The van der Waals surface area contributed by atoms with Crippen molar-refractivity contribution in [3.63, 3.8) is 0 Å². The lowest BCUT2D eigenvalue weighted by Gasteiger charge is -2.31. The van der Waals surface area contributed by atoms with Crippen LogP contribution in [0, 0.1) is 0 Å². The molecule has 0 aromatic carbocycles. The molecule has 0 bridgehead atoms. The van der Waals surface area contributed by atoms with Crippen molar-refractivity contribution >= 4 is 5.97 Å². The zero-order valence-corrected chi connectivity index (χ0v) is 9.78. The normalized spacial score (nSPS) is 42.1. The first-order valence-corrected chi connectivity index (χ1v) is 6.33. The number of hydrogen-bond acceptors (Lipinski definition) is 4. The van der Waals surface area contributed by atoms with Gasteiger partial charge in [-0.2, -0.15) is 0 Å². The molecule has 0 N–H and O–H groups in total. The Bertz CT molecular complexity index is 307. The van der Waals surface area contributed by atoms with Crippen LogP contribution in [0.1, 0.15) is 32.6 Å². The Hall–Kier alpha value is -0.610. The van der Waals surface area contributed by atoms with Gasteiger partial charge in [0, 0.05) is 19.1 Å². The fraction of sp³-hybridized carbons (Fsp3) is 0.917. The highest BCUT2D eigenvalue weighted by Crippen LogP contribution is 2.47. The molecule has 0 spiro atoms. The number of carbonyl (C=O) groups is 1. The van der Waals surface area contributed by atoms with Gasteiger partial charge >= 0.3 is 5.97 Å². The molecule has 3 rings (SSSR count). The smallest absolute Gasteiger partial charge is 0.326 e. The van der Waals surface area contributed by atoms with Crippen molar-refractivity contribution < 1.29 is 14.3 Å². The molecule has 0 amide bonds. The van der Waals surface area contributed by atoms with Crippen LogP contribution >= 0.6 is 0 Å². The first kappa shape index (κ1) is 10.5. The summed E-state index contributed by atoms with van der Waals surface area (Å²) in [6, 6.07) is 0.465. The monoisotopic (exact) mass is 225 g/mol. The minimum atomic E-state index is -0.342. The zero-order chi connectivity index (χ0) is 11.2. The van der Waals surface area contributed by atoms with Gasteiger partial charge in [0.1, 0.15) is 5.54 Å². The number of ether oxygens (including phenoxy) is 2.